The van der Waals surface area contributed by atoms with Crippen LogP contribution < -0.4 is 14.4 Å². The van der Waals surface area contributed by atoms with E-state index in [4.69, 9.17) is 60.9 Å². The van der Waals surface area contributed by atoms with Crippen molar-refractivity contribution in [2.75, 3.05) is 20.3 Å². The average Bonchev–Trinajstić information content (AvgIpc) is 3.17. The number of para-hydroxylation sites is 2. The minimum absolute atomic E-state index is 0.0222. The molecule has 2 heterocycles. The van der Waals surface area contributed by atoms with Gasteiger partial charge in [-0.1, -0.05) is 36.4 Å². The molecule has 0 spiro atoms. The van der Waals surface area contributed by atoms with E-state index in [9.17, 15) is 38.1 Å². The number of carbonyl (C=O) groups excluding carboxylic acids is 7. The quantitative estimate of drug-likeness (QED) is 0.136. The van der Waals surface area contributed by atoms with Crippen LogP contribution in [-0.4, -0.2) is 124 Å². The summed E-state index contributed by atoms with van der Waals surface area (Å²) >= 11 is 0. The Labute approximate surface area is 349 Å². The first-order valence-electron chi connectivity index (χ1n) is 18.5. The van der Waals surface area contributed by atoms with Crippen LogP contribution in [0.2, 0.25) is 0 Å². The number of esters is 6. The fourth-order valence-electron chi connectivity index (χ4n) is 5.95. The number of hydrogen-bond donors (Lipinski definition) is 1. The Kier molecular flexibility index (Phi) is 17.4. The minimum Gasteiger partial charge on any atom is -0.463 e. The zero-order chi connectivity index (χ0) is 44.9. The van der Waals surface area contributed by atoms with Gasteiger partial charge in [-0.05, 0) is 24.3 Å². The van der Waals surface area contributed by atoms with Gasteiger partial charge >= 0.3 is 49.7 Å². The molecule has 0 aromatic heterocycles. The van der Waals surface area contributed by atoms with E-state index in [0.717, 1.165) is 41.5 Å². The second-order valence-electron chi connectivity index (χ2n) is 13.1. The molecule has 4 rings (SSSR count). The Hall–Kier alpha value is -5.80. The number of hydrogen-bond acceptors (Lipinski definition) is 21. The zero-order valence-electron chi connectivity index (χ0n) is 34.0. The zero-order valence-corrected chi connectivity index (χ0v) is 34.9. The number of ether oxygens (including phenoxy) is 10. The number of benzene rings is 2. The lowest BCUT2D eigenvalue weighted by atomic mass is 9.96. The van der Waals surface area contributed by atoms with Gasteiger partial charge < -0.3 is 61.7 Å². The molecule has 2 aromatic rings. The maximum atomic E-state index is 14.8. The van der Waals surface area contributed by atoms with Crippen LogP contribution in [0.1, 0.15) is 41.5 Å². The normalized spacial score (nSPS) is 26.0. The van der Waals surface area contributed by atoms with E-state index in [1.165, 1.54) is 31.3 Å². The van der Waals surface area contributed by atoms with Gasteiger partial charge in [0.1, 0.15) is 36.9 Å². The van der Waals surface area contributed by atoms with Gasteiger partial charge in [0.05, 0.1) is 0 Å². The second kappa shape index (κ2) is 22.2. The summed E-state index contributed by atoms with van der Waals surface area (Å²) in [6, 6.07) is 15.2. The van der Waals surface area contributed by atoms with E-state index in [-0.39, 0.29) is 11.5 Å². The predicted molar refractivity (Wildman–Crippen MR) is 200 cm³/mol. The van der Waals surface area contributed by atoms with Crippen molar-refractivity contribution in [1.82, 2.24) is 5.32 Å². The molecule has 0 aliphatic carbocycles. The van der Waals surface area contributed by atoms with E-state index in [0.29, 0.717) is 0 Å². The Morgan fingerprint density at radius 1 is 0.525 bits per heavy atom. The average molecular weight is 884 g/mol. The maximum Gasteiger partial charge on any atom is 0.590 e. The van der Waals surface area contributed by atoms with Crippen LogP contribution in [0.15, 0.2) is 60.7 Å². The van der Waals surface area contributed by atoms with Crippen molar-refractivity contribution in [1.29, 1.82) is 0 Å². The van der Waals surface area contributed by atoms with Gasteiger partial charge in [0.2, 0.25) is 6.29 Å². The Bertz CT molecular complexity index is 1850. The molecule has 1 amide bonds. The van der Waals surface area contributed by atoms with Crippen LogP contribution in [0.5, 0.6) is 11.5 Å². The molecule has 61 heavy (non-hydrogen) atoms. The lowest BCUT2D eigenvalue weighted by Crippen LogP contribution is -2.67. The number of nitrogens with one attached hydrogen (secondary N) is 1. The molecule has 1 N–H and O–H groups in total. The van der Waals surface area contributed by atoms with Crippen LogP contribution in [-0.2, 0) is 85.2 Å². The fraction of sp³-hybridized carbons (Fsp3) is 0.500. The highest BCUT2D eigenvalue weighted by Gasteiger charge is 2.59. The fourth-order valence-corrected chi connectivity index (χ4v) is 7.26. The second-order valence-corrected chi connectivity index (χ2v) is 14.5. The summed E-state index contributed by atoms with van der Waals surface area (Å²) in [6.07, 6.45) is -19.2. The van der Waals surface area contributed by atoms with Crippen molar-refractivity contribution >= 4 is 49.7 Å². The molecular formula is C38H46NO21P. The van der Waals surface area contributed by atoms with Crippen LogP contribution in [0.25, 0.3) is 0 Å². The molecule has 2 aliphatic rings. The summed E-state index contributed by atoms with van der Waals surface area (Å²) in [6.45, 7) is 4.76. The Morgan fingerprint density at radius 3 is 1.34 bits per heavy atom. The standard InChI is InChI=1S/C38H46NO21P/c1-20(40)48-18-28-30(50-22(3)42)32(51-23(4)43)35(37(55-28)60-61(47,58-26-14-10-8-11-15-26)59-27-16-12-9-13-17-27)56-36-34(53-25(6)45)33(52-24(5)44)31(57-38(46)39-7)29(54-36)19-49-21(2)41/h8-17,28-37H,18-19H2,1-7H3,(H,39,46)/t28-,29+,30+,31+,32-,33-,34-,35-,36+,37+/m0/s1. The molecule has 0 bridgehead atoms. The first kappa shape index (κ1) is 47.9. The number of amides is 1. The summed E-state index contributed by atoms with van der Waals surface area (Å²) in [7, 11) is -3.79. The molecule has 10 atom stereocenters. The summed E-state index contributed by atoms with van der Waals surface area (Å²) in [5, 5.41) is 2.22. The monoisotopic (exact) mass is 883 g/mol. The van der Waals surface area contributed by atoms with Gasteiger partial charge in [-0.2, -0.15) is 0 Å². The minimum atomic E-state index is -5.01. The first-order chi connectivity index (χ1) is 28.9. The van der Waals surface area contributed by atoms with E-state index in [2.05, 4.69) is 5.32 Å². The summed E-state index contributed by atoms with van der Waals surface area (Å²) in [4.78, 5) is 87.2. The summed E-state index contributed by atoms with van der Waals surface area (Å²) < 4.78 is 89.2. The number of carbonyl (C=O) groups is 7. The topological polar surface area (TPSA) is 269 Å². The highest BCUT2D eigenvalue weighted by molar-refractivity contribution is 7.49. The van der Waals surface area contributed by atoms with Crippen molar-refractivity contribution in [2.24, 2.45) is 0 Å². The van der Waals surface area contributed by atoms with Crippen molar-refractivity contribution in [2.45, 2.75) is 103 Å². The number of alkyl carbamates (subject to hydrolysis) is 1. The molecule has 0 saturated carbocycles. The highest BCUT2D eigenvalue weighted by Crippen LogP contribution is 2.52. The Morgan fingerprint density at radius 2 is 0.918 bits per heavy atom. The number of phosphoric ester groups is 1. The third-order valence-corrected chi connectivity index (χ3v) is 9.52. The molecule has 22 nitrogen and oxygen atoms in total. The van der Waals surface area contributed by atoms with E-state index < -0.39 is 124 Å². The molecule has 0 radical (unpaired) electrons. The molecule has 334 valence electrons. The molecule has 2 fully saturated rings. The van der Waals surface area contributed by atoms with Gasteiger partial charge in [-0.25, -0.2) is 13.9 Å². The molecular weight excluding hydrogens is 837 g/mol. The van der Waals surface area contributed by atoms with Crippen LogP contribution >= 0.6 is 7.82 Å². The first-order valence-corrected chi connectivity index (χ1v) is 19.9. The molecule has 2 aliphatic heterocycles. The van der Waals surface area contributed by atoms with Gasteiger partial charge in [0, 0.05) is 48.6 Å². The predicted octanol–water partition coefficient (Wildman–Crippen LogP) is 2.68. The van der Waals surface area contributed by atoms with Crippen LogP contribution in [0.4, 0.5) is 4.79 Å². The van der Waals surface area contributed by atoms with Gasteiger partial charge in [0.15, 0.2) is 42.9 Å². The SMILES string of the molecule is CNC(=O)O[C@H]1[C@H](OC(C)=O)[C@H](OC(C)=O)[C@@H](O[C@@H]2[C@@H](OP(=O)(Oc3ccccc3)Oc3ccccc3)O[C@@H](COC(C)=O)[C@@H](OC(C)=O)[C@@H]2OC(C)=O)O[C@@H]1COC(C)=O. The van der Waals surface area contributed by atoms with Crippen LogP contribution in [0.3, 0.4) is 0 Å². The van der Waals surface area contributed by atoms with E-state index in [1.54, 1.807) is 36.4 Å². The third-order valence-electron chi connectivity index (χ3n) is 8.18. The lowest BCUT2D eigenvalue weighted by molar-refractivity contribution is -0.359. The molecule has 23 heteroatoms. The van der Waals surface area contributed by atoms with E-state index in [1.807, 2.05) is 0 Å². The lowest BCUT2D eigenvalue weighted by Gasteiger charge is -2.48. The molecule has 0 unspecified atom stereocenters. The smallest absolute Gasteiger partial charge is 0.463 e. The number of phosphoric acid groups is 1. The number of rotatable bonds is 17. The van der Waals surface area contributed by atoms with Crippen molar-refractivity contribution in [3.05, 3.63) is 60.7 Å². The summed E-state index contributed by atoms with van der Waals surface area (Å²) in [5.74, 6) is -5.59. The van der Waals surface area contributed by atoms with Gasteiger partial charge in [0.25, 0.3) is 0 Å². The molecule has 2 saturated heterocycles. The van der Waals surface area contributed by atoms with Crippen molar-refractivity contribution in [3.8, 4) is 11.5 Å². The van der Waals surface area contributed by atoms with Crippen molar-refractivity contribution < 1.29 is 99.1 Å². The third kappa shape index (κ3) is 14.4. The van der Waals surface area contributed by atoms with Gasteiger partial charge in [-0.3, -0.25) is 28.8 Å². The van der Waals surface area contributed by atoms with Crippen LogP contribution in [0, 0.1) is 0 Å². The van der Waals surface area contributed by atoms with Gasteiger partial charge in [-0.15, -0.1) is 0 Å². The Balaban J connectivity index is 1.93. The van der Waals surface area contributed by atoms with E-state index >= 15 is 0 Å². The largest absolute Gasteiger partial charge is 0.590 e. The highest BCUT2D eigenvalue weighted by atomic mass is 31.2. The van der Waals surface area contributed by atoms with Crippen molar-refractivity contribution in [3.63, 3.8) is 0 Å². The maximum absolute atomic E-state index is 14.8. The summed E-state index contributed by atoms with van der Waals surface area (Å²) in [5.41, 5.74) is 0. The molecule has 2 aromatic carbocycles.